The number of hydrogen-bond donors (Lipinski definition) is 1. The molecule has 21 heavy (non-hydrogen) atoms. The van der Waals surface area contributed by atoms with Crippen molar-refractivity contribution < 1.29 is 9.18 Å². The molecule has 3 aromatic rings. The normalized spacial score (nSPS) is 11.8. The van der Waals surface area contributed by atoms with Crippen molar-refractivity contribution in [1.29, 1.82) is 0 Å². The van der Waals surface area contributed by atoms with E-state index in [9.17, 15) is 9.18 Å². The van der Waals surface area contributed by atoms with Crippen LogP contribution in [0.15, 0.2) is 48.5 Å². The average molecular weight is 298 g/mol. The van der Waals surface area contributed by atoms with E-state index >= 15 is 0 Å². The number of nitrogens with zero attached hydrogens (tertiary/aromatic N) is 1. The van der Waals surface area contributed by atoms with E-state index in [2.05, 4.69) is 4.98 Å². The molecule has 0 spiro atoms. The third-order valence-electron chi connectivity index (χ3n) is 2.97. The fourth-order valence-electron chi connectivity index (χ4n) is 1.95. The van der Waals surface area contributed by atoms with Gasteiger partial charge in [0, 0.05) is 0 Å². The van der Waals surface area contributed by atoms with Gasteiger partial charge in [-0.3, -0.25) is 4.79 Å². The highest BCUT2D eigenvalue weighted by atomic mass is 32.1. The van der Waals surface area contributed by atoms with Crippen molar-refractivity contribution in [3.05, 3.63) is 64.9 Å². The van der Waals surface area contributed by atoms with Crippen LogP contribution >= 0.6 is 11.3 Å². The molecule has 0 saturated carbocycles. The van der Waals surface area contributed by atoms with Gasteiger partial charge >= 0.3 is 0 Å². The number of carbonyl (C=O) groups is 1. The summed E-state index contributed by atoms with van der Waals surface area (Å²) < 4.78 is 13.9. The first kappa shape index (κ1) is 13.5. The molecule has 0 fully saturated rings. The molecule has 3 rings (SSSR count). The largest absolute Gasteiger partial charge is 0.366 e. The Morgan fingerprint density at radius 1 is 1.14 bits per heavy atom. The number of rotatable bonds is 3. The third-order valence-corrected chi connectivity index (χ3v) is 4.04. The number of primary amides is 1. The van der Waals surface area contributed by atoms with Gasteiger partial charge in [0.2, 0.25) is 0 Å². The van der Waals surface area contributed by atoms with E-state index < -0.39 is 5.91 Å². The molecule has 104 valence electrons. The van der Waals surface area contributed by atoms with Crippen molar-refractivity contribution in [2.45, 2.75) is 0 Å². The first-order valence-electron chi connectivity index (χ1n) is 6.26. The summed E-state index contributed by atoms with van der Waals surface area (Å²) in [6, 6.07) is 13.5. The highest BCUT2D eigenvalue weighted by molar-refractivity contribution is 7.19. The Morgan fingerprint density at radius 3 is 2.52 bits per heavy atom. The SMILES string of the molecule is NC(=O)C(=Cc1ccc(F)cc1)c1nc2ccccc2s1. The Labute approximate surface area is 124 Å². The Morgan fingerprint density at radius 2 is 1.86 bits per heavy atom. The summed E-state index contributed by atoms with van der Waals surface area (Å²) in [6.45, 7) is 0. The van der Waals surface area contributed by atoms with Crippen molar-refractivity contribution in [3.63, 3.8) is 0 Å². The topological polar surface area (TPSA) is 56.0 Å². The molecule has 0 radical (unpaired) electrons. The number of para-hydroxylation sites is 1. The van der Waals surface area contributed by atoms with Gasteiger partial charge < -0.3 is 5.73 Å². The second kappa shape index (κ2) is 5.46. The Kier molecular flexibility index (Phi) is 3.50. The number of carbonyl (C=O) groups excluding carboxylic acids is 1. The molecule has 0 aliphatic heterocycles. The van der Waals surface area contributed by atoms with Crippen LogP contribution in [0.3, 0.4) is 0 Å². The van der Waals surface area contributed by atoms with Crippen molar-refractivity contribution in [2.24, 2.45) is 5.73 Å². The van der Waals surface area contributed by atoms with Gasteiger partial charge in [-0.15, -0.1) is 11.3 Å². The Hall–Kier alpha value is -2.53. The van der Waals surface area contributed by atoms with Crippen LogP contribution in [0.25, 0.3) is 21.9 Å². The lowest BCUT2D eigenvalue weighted by Gasteiger charge is -1.99. The quantitative estimate of drug-likeness (QED) is 0.753. The molecule has 1 aromatic heterocycles. The summed E-state index contributed by atoms with van der Waals surface area (Å²) in [5.74, 6) is -0.883. The predicted molar refractivity (Wildman–Crippen MR) is 83.1 cm³/mol. The number of amides is 1. The van der Waals surface area contributed by atoms with Gasteiger partial charge in [-0.05, 0) is 35.9 Å². The van der Waals surface area contributed by atoms with Crippen LogP contribution in [-0.4, -0.2) is 10.9 Å². The van der Waals surface area contributed by atoms with Crippen LogP contribution in [0.4, 0.5) is 4.39 Å². The van der Waals surface area contributed by atoms with Crippen LogP contribution in [-0.2, 0) is 4.79 Å². The summed E-state index contributed by atoms with van der Waals surface area (Å²) in [7, 11) is 0. The zero-order chi connectivity index (χ0) is 14.8. The monoisotopic (exact) mass is 298 g/mol. The van der Waals surface area contributed by atoms with Crippen LogP contribution in [0.5, 0.6) is 0 Å². The maximum atomic E-state index is 12.9. The zero-order valence-corrected chi connectivity index (χ0v) is 11.7. The van der Waals surface area contributed by atoms with Crippen LogP contribution in [0.2, 0.25) is 0 Å². The number of halogens is 1. The molecule has 0 atom stereocenters. The van der Waals surface area contributed by atoms with Crippen LogP contribution in [0, 0.1) is 5.82 Å². The minimum atomic E-state index is -0.557. The number of hydrogen-bond acceptors (Lipinski definition) is 3. The predicted octanol–water partition coefficient (Wildman–Crippen LogP) is 3.46. The molecular weight excluding hydrogens is 287 g/mol. The van der Waals surface area contributed by atoms with Crippen LogP contribution < -0.4 is 5.73 Å². The highest BCUT2D eigenvalue weighted by Crippen LogP contribution is 2.28. The summed E-state index contributed by atoms with van der Waals surface area (Å²) in [6.07, 6.45) is 1.62. The maximum absolute atomic E-state index is 12.9. The van der Waals surface area contributed by atoms with E-state index in [-0.39, 0.29) is 5.82 Å². The molecule has 3 nitrogen and oxygen atoms in total. The molecule has 5 heteroatoms. The lowest BCUT2D eigenvalue weighted by molar-refractivity contribution is -0.112. The van der Waals surface area contributed by atoms with E-state index in [0.717, 1.165) is 10.2 Å². The van der Waals surface area contributed by atoms with E-state index in [1.54, 1.807) is 18.2 Å². The van der Waals surface area contributed by atoms with Crippen molar-refractivity contribution in [1.82, 2.24) is 4.98 Å². The lowest BCUT2D eigenvalue weighted by atomic mass is 10.1. The van der Waals surface area contributed by atoms with E-state index in [1.807, 2.05) is 24.3 Å². The maximum Gasteiger partial charge on any atom is 0.251 e. The number of aromatic nitrogens is 1. The molecule has 2 N–H and O–H groups in total. The average Bonchev–Trinajstić information content (AvgIpc) is 2.89. The smallest absolute Gasteiger partial charge is 0.251 e. The second-order valence-corrected chi connectivity index (χ2v) is 5.49. The Balaban J connectivity index is 2.09. The Bertz CT molecular complexity index is 804. The zero-order valence-electron chi connectivity index (χ0n) is 10.9. The van der Waals surface area contributed by atoms with Gasteiger partial charge in [0.05, 0.1) is 15.8 Å². The summed E-state index contributed by atoms with van der Waals surface area (Å²) >= 11 is 1.40. The summed E-state index contributed by atoms with van der Waals surface area (Å²) in [5, 5.41) is 0.563. The molecule has 0 saturated heterocycles. The van der Waals surface area contributed by atoms with Gasteiger partial charge in [-0.2, -0.15) is 0 Å². The standard InChI is InChI=1S/C16H11FN2OS/c17-11-7-5-10(6-8-11)9-12(15(18)20)16-19-13-3-1-2-4-14(13)21-16/h1-9H,(H2,18,20). The van der Waals surface area contributed by atoms with Gasteiger partial charge in [0.15, 0.2) is 0 Å². The molecule has 0 aliphatic rings. The van der Waals surface area contributed by atoms with E-state index in [4.69, 9.17) is 5.73 Å². The van der Waals surface area contributed by atoms with Crippen molar-refractivity contribution in [3.8, 4) is 0 Å². The fourth-order valence-corrected chi connectivity index (χ4v) is 2.94. The van der Waals surface area contributed by atoms with E-state index in [1.165, 1.54) is 23.5 Å². The number of nitrogens with two attached hydrogens (primary N) is 1. The molecular formula is C16H11FN2OS. The molecule has 1 heterocycles. The minimum absolute atomic E-state index is 0.322. The lowest BCUT2D eigenvalue weighted by Crippen LogP contribution is -2.12. The number of benzene rings is 2. The first-order chi connectivity index (χ1) is 10.1. The van der Waals surface area contributed by atoms with Gasteiger partial charge in [-0.1, -0.05) is 24.3 Å². The fraction of sp³-hybridized carbons (Fsp3) is 0. The van der Waals surface area contributed by atoms with Gasteiger partial charge in [-0.25, -0.2) is 9.37 Å². The third kappa shape index (κ3) is 2.83. The van der Waals surface area contributed by atoms with Gasteiger partial charge in [0.1, 0.15) is 10.8 Å². The first-order valence-corrected chi connectivity index (χ1v) is 7.08. The van der Waals surface area contributed by atoms with Crippen molar-refractivity contribution >= 4 is 39.1 Å². The van der Waals surface area contributed by atoms with Crippen LogP contribution in [0.1, 0.15) is 10.6 Å². The van der Waals surface area contributed by atoms with Gasteiger partial charge in [0.25, 0.3) is 5.91 Å². The molecule has 0 bridgehead atoms. The minimum Gasteiger partial charge on any atom is -0.366 e. The number of fused-ring (bicyclic) bond motifs is 1. The molecule has 0 aliphatic carbocycles. The molecule has 1 amide bonds. The van der Waals surface area contributed by atoms with E-state index in [0.29, 0.717) is 16.1 Å². The molecule has 0 unspecified atom stereocenters. The highest BCUT2D eigenvalue weighted by Gasteiger charge is 2.13. The molecule has 2 aromatic carbocycles. The van der Waals surface area contributed by atoms with Crippen molar-refractivity contribution in [2.75, 3.05) is 0 Å². The summed E-state index contributed by atoms with van der Waals surface area (Å²) in [4.78, 5) is 16.1. The summed E-state index contributed by atoms with van der Waals surface area (Å²) in [5.41, 5.74) is 7.30. The number of thiazole rings is 1. The second-order valence-electron chi connectivity index (χ2n) is 4.46.